The third kappa shape index (κ3) is 3.16. The second-order valence-electron chi connectivity index (χ2n) is 4.07. The smallest absolute Gasteiger partial charge is 0.183 e. The van der Waals surface area contributed by atoms with Gasteiger partial charge in [-0.3, -0.25) is 0 Å². The monoisotopic (exact) mass is 372 g/mol. The van der Waals surface area contributed by atoms with E-state index in [4.69, 9.17) is 10.2 Å². The molecule has 1 heterocycles. The zero-order chi connectivity index (χ0) is 13.1. The van der Waals surface area contributed by atoms with Crippen LogP contribution in [0, 0.1) is 6.92 Å². The molecule has 3 N–H and O–H groups in total. The molecule has 0 saturated heterocycles. The molecule has 0 aliphatic carbocycles. The maximum absolute atomic E-state index is 5.80. The topological polar surface area (TPSA) is 51.2 Å². The summed E-state index contributed by atoms with van der Waals surface area (Å²) in [5.41, 5.74) is 8.04. The van der Waals surface area contributed by atoms with E-state index in [9.17, 15) is 0 Å². The van der Waals surface area contributed by atoms with Crippen molar-refractivity contribution in [2.75, 3.05) is 11.9 Å². The fourth-order valence-corrected chi connectivity index (χ4v) is 2.33. The molecule has 1 aromatic carbocycles. The van der Waals surface area contributed by atoms with Crippen LogP contribution in [0.15, 0.2) is 43.9 Å². The fraction of sp³-hybridized carbons (Fsp3) is 0.231. The van der Waals surface area contributed by atoms with E-state index in [2.05, 4.69) is 56.2 Å². The lowest BCUT2D eigenvalue weighted by molar-refractivity contribution is 0.462. The van der Waals surface area contributed by atoms with Crippen LogP contribution in [0.5, 0.6) is 0 Å². The Morgan fingerprint density at radius 2 is 2.11 bits per heavy atom. The Kier molecular flexibility index (Phi) is 4.48. The Morgan fingerprint density at radius 3 is 2.67 bits per heavy atom. The van der Waals surface area contributed by atoms with Gasteiger partial charge in [0.05, 0.1) is 10.5 Å². The average molecular weight is 374 g/mol. The van der Waals surface area contributed by atoms with Crippen molar-refractivity contribution in [1.29, 1.82) is 0 Å². The van der Waals surface area contributed by atoms with Gasteiger partial charge in [0.1, 0.15) is 5.76 Å². The van der Waals surface area contributed by atoms with Crippen molar-refractivity contribution in [3.63, 3.8) is 0 Å². The lowest BCUT2D eigenvalue weighted by Crippen LogP contribution is -2.20. The molecule has 96 valence electrons. The quantitative estimate of drug-likeness (QED) is 0.843. The summed E-state index contributed by atoms with van der Waals surface area (Å²) in [5.74, 6) is 0.803. The van der Waals surface area contributed by atoms with Gasteiger partial charge in [-0.25, -0.2) is 0 Å². The third-order valence-corrected chi connectivity index (χ3v) is 4.31. The van der Waals surface area contributed by atoms with Crippen molar-refractivity contribution in [3.8, 4) is 0 Å². The van der Waals surface area contributed by atoms with E-state index in [1.165, 1.54) is 5.56 Å². The van der Waals surface area contributed by atoms with Crippen molar-refractivity contribution in [3.05, 3.63) is 50.8 Å². The molecule has 18 heavy (non-hydrogen) atoms. The molecule has 0 aliphatic heterocycles. The van der Waals surface area contributed by atoms with Crippen LogP contribution in [0.2, 0.25) is 0 Å². The number of nitrogens with one attached hydrogen (secondary N) is 1. The van der Waals surface area contributed by atoms with Crippen LogP contribution in [-0.4, -0.2) is 6.54 Å². The number of hydrogen-bond donors (Lipinski definition) is 2. The highest BCUT2D eigenvalue weighted by molar-refractivity contribution is 9.13. The SMILES string of the molecule is Cc1cccc(NC(CN)c2cc(Br)c(Br)o2)c1. The van der Waals surface area contributed by atoms with Gasteiger partial charge >= 0.3 is 0 Å². The van der Waals surface area contributed by atoms with Gasteiger partial charge in [0.25, 0.3) is 0 Å². The Morgan fingerprint density at radius 1 is 1.33 bits per heavy atom. The van der Waals surface area contributed by atoms with Gasteiger partial charge in [0, 0.05) is 12.2 Å². The number of aryl methyl sites for hydroxylation is 1. The summed E-state index contributed by atoms with van der Waals surface area (Å²) in [6.45, 7) is 2.52. The summed E-state index contributed by atoms with van der Waals surface area (Å²) in [4.78, 5) is 0. The Bertz CT molecular complexity index is 520. The zero-order valence-electron chi connectivity index (χ0n) is 9.91. The van der Waals surface area contributed by atoms with Crippen LogP contribution in [0.3, 0.4) is 0 Å². The number of furan rings is 1. The molecule has 0 aliphatic rings. The average Bonchev–Trinajstić information content (AvgIpc) is 2.66. The third-order valence-electron chi connectivity index (χ3n) is 2.60. The maximum atomic E-state index is 5.80. The highest BCUT2D eigenvalue weighted by Crippen LogP contribution is 2.31. The normalized spacial score (nSPS) is 12.4. The van der Waals surface area contributed by atoms with Gasteiger partial charge < -0.3 is 15.5 Å². The van der Waals surface area contributed by atoms with E-state index in [-0.39, 0.29) is 6.04 Å². The number of benzene rings is 1. The molecule has 1 aromatic heterocycles. The minimum atomic E-state index is -0.0469. The van der Waals surface area contributed by atoms with Crippen LogP contribution in [0.1, 0.15) is 17.4 Å². The second-order valence-corrected chi connectivity index (χ2v) is 5.65. The lowest BCUT2D eigenvalue weighted by Gasteiger charge is -2.16. The molecule has 1 unspecified atom stereocenters. The predicted octanol–water partition coefficient (Wildman–Crippen LogP) is 4.22. The summed E-state index contributed by atoms with van der Waals surface area (Å²) in [6.07, 6.45) is 0. The summed E-state index contributed by atoms with van der Waals surface area (Å²) in [7, 11) is 0. The van der Waals surface area contributed by atoms with Gasteiger partial charge in [0.15, 0.2) is 4.67 Å². The molecule has 2 aromatic rings. The Labute approximate surface area is 123 Å². The van der Waals surface area contributed by atoms with Crippen molar-refractivity contribution in [2.45, 2.75) is 13.0 Å². The highest BCUT2D eigenvalue weighted by Gasteiger charge is 2.16. The molecule has 5 heteroatoms. The van der Waals surface area contributed by atoms with Crippen molar-refractivity contribution >= 4 is 37.5 Å². The van der Waals surface area contributed by atoms with Gasteiger partial charge in [-0.2, -0.15) is 0 Å². The minimum absolute atomic E-state index is 0.0469. The molecule has 3 nitrogen and oxygen atoms in total. The van der Waals surface area contributed by atoms with E-state index in [0.29, 0.717) is 11.2 Å². The van der Waals surface area contributed by atoms with Crippen LogP contribution >= 0.6 is 31.9 Å². The van der Waals surface area contributed by atoms with Crippen molar-refractivity contribution in [1.82, 2.24) is 0 Å². The first-order chi connectivity index (χ1) is 8.60. The van der Waals surface area contributed by atoms with Gasteiger partial charge in [-0.1, -0.05) is 12.1 Å². The largest absolute Gasteiger partial charge is 0.451 e. The predicted molar refractivity (Wildman–Crippen MR) is 80.7 cm³/mol. The summed E-state index contributed by atoms with van der Waals surface area (Å²) in [5, 5.41) is 3.37. The number of rotatable bonds is 4. The van der Waals surface area contributed by atoms with E-state index in [1.54, 1.807) is 0 Å². The first kappa shape index (κ1) is 13.6. The van der Waals surface area contributed by atoms with E-state index < -0.39 is 0 Å². The van der Waals surface area contributed by atoms with Crippen LogP contribution in [0.25, 0.3) is 0 Å². The maximum Gasteiger partial charge on any atom is 0.183 e. The molecule has 0 bridgehead atoms. The molecule has 2 rings (SSSR count). The van der Waals surface area contributed by atoms with Gasteiger partial charge in [-0.05, 0) is 62.5 Å². The van der Waals surface area contributed by atoms with Crippen molar-refractivity contribution < 1.29 is 4.42 Å². The van der Waals surface area contributed by atoms with Crippen LogP contribution in [0.4, 0.5) is 5.69 Å². The van der Waals surface area contributed by atoms with E-state index in [1.807, 2.05) is 18.2 Å². The van der Waals surface area contributed by atoms with E-state index in [0.717, 1.165) is 15.9 Å². The highest BCUT2D eigenvalue weighted by atomic mass is 79.9. The Hall–Kier alpha value is -0.780. The molecule has 0 spiro atoms. The van der Waals surface area contributed by atoms with Crippen LogP contribution in [-0.2, 0) is 0 Å². The van der Waals surface area contributed by atoms with Gasteiger partial charge in [-0.15, -0.1) is 0 Å². The molecule has 1 atom stereocenters. The number of hydrogen-bond acceptors (Lipinski definition) is 3. The van der Waals surface area contributed by atoms with Gasteiger partial charge in [0.2, 0.25) is 0 Å². The van der Waals surface area contributed by atoms with Crippen molar-refractivity contribution in [2.24, 2.45) is 5.73 Å². The molecule has 0 saturated carbocycles. The second kappa shape index (κ2) is 5.91. The summed E-state index contributed by atoms with van der Waals surface area (Å²) in [6, 6.07) is 10.0. The standard InChI is InChI=1S/C13H14Br2N2O/c1-8-3-2-4-9(5-8)17-11(7-16)12-6-10(14)13(15)18-12/h2-6,11,17H,7,16H2,1H3. The number of halogens is 2. The zero-order valence-corrected chi connectivity index (χ0v) is 13.1. The first-order valence-electron chi connectivity index (χ1n) is 5.58. The first-order valence-corrected chi connectivity index (χ1v) is 7.16. The molecule has 0 amide bonds. The molecule has 0 radical (unpaired) electrons. The Balaban J connectivity index is 2.19. The fourth-order valence-electron chi connectivity index (χ4n) is 1.72. The summed E-state index contributed by atoms with van der Waals surface area (Å²) >= 11 is 6.73. The minimum Gasteiger partial charge on any atom is -0.451 e. The van der Waals surface area contributed by atoms with Crippen LogP contribution < -0.4 is 11.1 Å². The molecular formula is C13H14Br2N2O. The number of anilines is 1. The van der Waals surface area contributed by atoms with E-state index >= 15 is 0 Å². The number of nitrogens with two attached hydrogens (primary N) is 1. The molecular weight excluding hydrogens is 360 g/mol. The summed E-state index contributed by atoms with van der Waals surface area (Å²) < 4.78 is 7.17. The lowest BCUT2D eigenvalue weighted by atomic mass is 10.2. The molecule has 0 fully saturated rings.